The first kappa shape index (κ1) is 38.1. The van der Waals surface area contributed by atoms with Gasteiger partial charge < -0.3 is 41.0 Å². The fraction of sp³-hybridized carbons (Fsp3) is 0.0857. The number of hydrogen-bond acceptors (Lipinski definition) is 8. The molecule has 0 aliphatic heterocycles. The van der Waals surface area contributed by atoms with Crippen LogP contribution in [0.5, 0.6) is 23.0 Å². The summed E-state index contributed by atoms with van der Waals surface area (Å²) in [5.74, 6) is 0.457. The maximum atomic E-state index is 12.8. The average Bonchev–Trinajstić information content (AvgIpc) is 3.11. The van der Waals surface area contributed by atoms with Crippen molar-refractivity contribution in [3.63, 3.8) is 0 Å². The van der Waals surface area contributed by atoms with Gasteiger partial charge in [-0.15, -0.1) is 0 Å². The maximum absolute atomic E-state index is 12.8. The minimum atomic E-state index is -4.57. The van der Waals surface area contributed by atoms with Gasteiger partial charge in [0.15, 0.2) is 0 Å². The second-order valence-corrected chi connectivity index (χ2v) is 10.9. The van der Waals surface area contributed by atoms with E-state index in [9.17, 15) is 43.1 Å². The molecule has 0 aromatic heterocycles. The molecule has 0 aliphatic carbocycles. The highest BCUT2D eigenvalue weighted by Gasteiger charge is 2.31. The number of phenols is 2. The molecular weight excluding hydrogens is 711 g/mol. The molecular formula is C35H29ClF3N5O8. The molecule has 0 radical (unpaired) electrons. The van der Waals surface area contributed by atoms with Crippen molar-refractivity contribution in [3.8, 4) is 34.1 Å². The van der Waals surface area contributed by atoms with Crippen molar-refractivity contribution >= 4 is 52.1 Å². The number of urea groups is 2. The van der Waals surface area contributed by atoms with E-state index in [1.807, 2.05) is 6.07 Å². The van der Waals surface area contributed by atoms with Crippen molar-refractivity contribution in [2.24, 2.45) is 0 Å². The maximum Gasteiger partial charge on any atom is 0.416 e. The highest BCUT2D eigenvalue weighted by molar-refractivity contribution is 6.33. The molecule has 0 fully saturated rings. The summed E-state index contributed by atoms with van der Waals surface area (Å²) in [7, 11) is 2.93. The number of nitro benzene ring substituents is 1. The molecule has 17 heteroatoms. The molecule has 13 nitrogen and oxygen atoms in total. The molecule has 5 aromatic carbocycles. The van der Waals surface area contributed by atoms with Crippen LogP contribution >= 0.6 is 11.6 Å². The number of amides is 4. The lowest BCUT2D eigenvalue weighted by Gasteiger charge is -2.14. The number of non-ortho nitro benzene ring substituents is 1. The Kier molecular flexibility index (Phi) is 12.3. The average molecular weight is 740 g/mol. The Morgan fingerprint density at radius 1 is 0.731 bits per heavy atom. The van der Waals surface area contributed by atoms with Gasteiger partial charge in [0.1, 0.15) is 23.0 Å². The number of nitrogens with one attached hydrogen (secondary N) is 4. The third-order valence-electron chi connectivity index (χ3n) is 7.01. The normalized spacial score (nSPS) is 10.6. The van der Waals surface area contributed by atoms with E-state index >= 15 is 0 Å². The molecule has 0 saturated carbocycles. The number of phenolic OH excluding ortho intramolecular Hbond substituents is 2. The van der Waals surface area contributed by atoms with Gasteiger partial charge in [-0.25, -0.2) is 9.59 Å². The predicted molar refractivity (Wildman–Crippen MR) is 190 cm³/mol. The summed E-state index contributed by atoms with van der Waals surface area (Å²) in [5.41, 5.74) is 0.205. The van der Waals surface area contributed by atoms with Crippen LogP contribution in [0, 0.1) is 10.1 Å². The molecule has 0 heterocycles. The molecule has 0 aliphatic rings. The van der Waals surface area contributed by atoms with Crippen molar-refractivity contribution in [2.45, 2.75) is 6.18 Å². The molecule has 6 N–H and O–H groups in total. The monoisotopic (exact) mass is 739 g/mol. The minimum absolute atomic E-state index is 0.0505. The van der Waals surface area contributed by atoms with E-state index in [1.54, 1.807) is 54.6 Å². The molecule has 0 atom stereocenters. The lowest BCUT2D eigenvalue weighted by Crippen LogP contribution is -2.20. The number of halogens is 4. The Morgan fingerprint density at radius 3 is 2.02 bits per heavy atom. The number of alkyl halides is 3. The zero-order chi connectivity index (χ0) is 38.0. The van der Waals surface area contributed by atoms with Crippen molar-refractivity contribution in [1.82, 2.24) is 0 Å². The van der Waals surface area contributed by atoms with E-state index in [0.717, 1.165) is 42.0 Å². The lowest BCUT2D eigenvalue weighted by atomic mass is 10.0. The van der Waals surface area contributed by atoms with Gasteiger partial charge in [-0.05, 0) is 48.0 Å². The Morgan fingerprint density at radius 2 is 1.38 bits per heavy atom. The van der Waals surface area contributed by atoms with Gasteiger partial charge in [0.25, 0.3) is 5.69 Å². The Hall–Kier alpha value is -6.68. The number of para-hydroxylation sites is 1. The number of hydrogen-bond donors (Lipinski definition) is 6. The van der Waals surface area contributed by atoms with Gasteiger partial charge in [-0.3, -0.25) is 10.1 Å². The first-order valence-corrected chi connectivity index (χ1v) is 15.2. The molecule has 0 bridgehead atoms. The summed E-state index contributed by atoms with van der Waals surface area (Å²) in [6, 6.07) is 23.0. The van der Waals surface area contributed by atoms with E-state index in [4.69, 9.17) is 21.1 Å². The third kappa shape index (κ3) is 9.95. The van der Waals surface area contributed by atoms with Gasteiger partial charge in [0.2, 0.25) is 0 Å². The van der Waals surface area contributed by atoms with Crippen molar-refractivity contribution in [1.29, 1.82) is 0 Å². The van der Waals surface area contributed by atoms with E-state index in [2.05, 4.69) is 21.3 Å². The van der Waals surface area contributed by atoms with Crippen molar-refractivity contribution < 1.29 is 47.4 Å². The van der Waals surface area contributed by atoms with Crippen LogP contribution in [0.2, 0.25) is 5.02 Å². The smallest absolute Gasteiger partial charge is 0.416 e. The number of aromatic hydroxyl groups is 2. The van der Waals surface area contributed by atoms with Crippen molar-refractivity contribution in [2.75, 3.05) is 35.5 Å². The number of carbonyl (C=O) groups excluding carboxylic acids is 2. The number of rotatable bonds is 8. The number of ether oxygens (including phenoxy) is 2. The fourth-order valence-electron chi connectivity index (χ4n) is 4.48. The molecule has 5 aromatic rings. The first-order chi connectivity index (χ1) is 24.7. The standard InChI is InChI=1S/C20H14ClF3N2O2.C15H15N3O6/c21-15-10-9-13(20(22,23)24)11-17(15)26-19(28)25-16-8-4-7-14(18(16)27)12-5-2-1-3-6-12;1-23-10-4-5-11(14(8-10)24-2)16-15(20)17-12-7-9(18(21)22)3-6-13(12)19/h1-11,27H,(H2,25,26,28);3-8,19H,1-2H3,(H2,16,17,20). The van der Waals surface area contributed by atoms with E-state index in [0.29, 0.717) is 22.7 Å². The molecule has 0 unspecified atom stereocenters. The Balaban J connectivity index is 0.000000236. The van der Waals surface area contributed by atoms with Gasteiger partial charge in [0.05, 0.1) is 52.5 Å². The Labute approximate surface area is 298 Å². The number of nitro groups is 1. The number of carbonyl (C=O) groups is 2. The largest absolute Gasteiger partial charge is 0.506 e. The van der Waals surface area contributed by atoms with Crippen LogP contribution in [0.3, 0.4) is 0 Å². The zero-order valence-corrected chi connectivity index (χ0v) is 27.9. The summed E-state index contributed by atoms with van der Waals surface area (Å²) >= 11 is 5.87. The SMILES string of the molecule is COc1ccc(NC(=O)Nc2cc([N+](=O)[O-])ccc2O)c(OC)c1.O=C(Nc1cc(C(F)(F)F)ccc1Cl)Nc1cccc(-c2ccccc2)c1O. The number of benzene rings is 5. The number of methoxy groups -OCH3 is 2. The summed E-state index contributed by atoms with van der Waals surface area (Å²) in [6.07, 6.45) is -4.57. The zero-order valence-electron chi connectivity index (χ0n) is 27.1. The van der Waals surface area contributed by atoms with Gasteiger partial charge in [-0.1, -0.05) is 54.1 Å². The van der Waals surface area contributed by atoms with E-state index in [1.165, 1.54) is 20.3 Å². The topological polar surface area (TPSA) is 184 Å². The molecule has 4 amide bonds. The number of anilines is 4. The molecule has 52 heavy (non-hydrogen) atoms. The summed E-state index contributed by atoms with van der Waals surface area (Å²) < 4.78 is 48.7. The second-order valence-electron chi connectivity index (χ2n) is 10.4. The lowest BCUT2D eigenvalue weighted by molar-refractivity contribution is -0.384. The Bertz CT molecular complexity index is 2080. The van der Waals surface area contributed by atoms with Gasteiger partial charge in [0, 0.05) is 23.8 Å². The predicted octanol–water partition coefficient (Wildman–Crippen LogP) is 9.34. The van der Waals surface area contributed by atoms with Crippen LogP contribution in [0.1, 0.15) is 5.56 Å². The second kappa shape index (κ2) is 16.8. The van der Waals surface area contributed by atoms with Crippen LogP contribution in [-0.2, 0) is 6.18 Å². The van der Waals surface area contributed by atoms with Crippen LogP contribution in [0.15, 0.2) is 103 Å². The van der Waals surface area contributed by atoms with Crippen LogP contribution < -0.4 is 30.7 Å². The quantitative estimate of drug-likeness (QED) is 0.0516. The van der Waals surface area contributed by atoms with Crippen LogP contribution in [0.25, 0.3) is 11.1 Å². The van der Waals surface area contributed by atoms with Crippen LogP contribution in [0.4, 0.5) is 51.2 Å². The minimum Gasteiger partial charge on any atom is -0.506 e. The van der Waals surface area contributed by atoms with Gasteiger partial charge >= 0.3 is 18.2 Å². The van der Waals surface area contributed by atoms with E-state index in [-0.39, 0.29) is 39.3 Å². The highest BCUT2D eigenvalue weighted by Crippen LogP contribution is 2.37. The molecule has 270 valence electrons. The number of nitrogens with zero attached hydrogens (tertiary/aromatic N) is 1. The fourth-order valence-corrected chi connectivity index (χ4v) is 4.65. The van der Waals surface area contributed by atoms with Crippen molar-refractivity contribution in [3.05, 3.63) is 124 Å². The van der Waals surface area contributed by atoms with Gasteiger partial charge in [-0.2, -0.15) is 13.2 Å². The summed E-state index contributed by atoms with van der Waals surface area (Å²) in [4.78, 5) is 34.4. The highest BCUT2D eigenvalue weighted by atomic mass is 35.5. The first-order valence-electron chi connectivity index (χ1n) is 14.8. The molecule has 0 spiro atoms. The summed E-state index contributed by atoms with van der Waals surface area (Å²) in [5, 5.41) is 40.4. The third-order valence-corrected chi connectivity index (χ3v) is 7.34. The van der Waals surface area contributed by atoms with E-state index < -0.39 is 28.7 Å². The molecule has 5 rings (SSSR count). The van der Waals surface area contributed by atoms with Crippen LogP contribution in [-0.4, -0.2) is 41.4 Å². The molecule has 0 saturated heterocycles. The summed E-state index contributed by atoms with van der Waals surface area (Å²) in [6.45, 7) is 0.